The van der Waals surface area contributed by atoms with Crippen LogP contribution in [0.3, 0.4) is 0 Å². The van der Waals surface area contributed by atoms with Crippen LogP contribution in [-0.2, 0) is 0 Å². The summed E-state index contributed by atoms with van der Waals surface area (Å²) in [5.41, 5.74) is 5.71. The largest absolute Gasteiger partial charge is 0.330 e. The van der Waals surface area contributed by atoms with E-state index in [1.165, 1.54) is 32.2 Å². The molecule has 2 N–H and O–H groups in total. The van der Waals surface area contributed by atoms with Crippen molar-refractivity contribution in [1.82, 2.24) is 4.90 Å². The molecule has 1 heterocycles. The third-order valence-electron chi connectivity index (χ3n) is 3.53. The monoisotopic (exact) mass is 168 g/mol. The summed E-state index contributed by atoms with van der Waals surface area (Å²) >= 11 is 0. The molecule has 2 atom stereocenters. The molecule has 1 saturated heterocycles. The van der Waals surface area contributed by atoms with Gasteiger partial charge in [-0.05, 0) is 57.7 Å². The number of hydrogen-bond donors (Lipinski definition) is 1. The van der Waals surface area contributed by atoms with Gasteiger partial charge in [-0.1, -0.05) is 0 Å². The Morgan fingerprint density at radius 1 is 1.33 bits per heavy atom. The summed E-state index contributed by atoms with van der Waals surface area (Å²) in [6.07, 6.45) is 5.60. The lowest BCUT2D eigenvalue weighted by Gasteiger charge is -2.37. The number of piperidine rings is 1. The van der Waals surface area contributed by atoms with Crippen molar-refractivity contribution >= 4 is 0 Å². The third kappa shape index (κ3) is 1.64. The van der Waals surface area contributed by atoms with Crippen LogP contribution in [0.4, 0.5) is 0 Å². The summed E-state index contributed by atoms with van der Waals surface area (Å²) in [7, 11) is 2.27. The molecule has 0 radical (unpaired) electrons. The van der Waals surface area contributed by atoms with Crippen molar-refractivity contribution in [2.24, 2.45) is 17.6 Å². The van der Waals surface area contributed by atoms with E-state index in [-0.39, 0.29) is 0 Å². The highest BCUT2D eigenvalue weighted by atomic mass is 15.1. The summed E-state index contributed by atoms with van der Waals surface area (Å²) in [5.74, 6) is 1.83. The normalized spacial score (nSPS) is 38.5. The van der Waals surface area contributed by atoms with Gasteiger partial charge in [0.05, 0.1) is 0 Å². The van der Waals surface area contributed by atoms with E-state index in [1.54, 1.807) is 0 Å². The molecular weight excluding hydrogens is 148 g/mol. The Labute approximate surface area is 75.1 Å². The lowest BCUT2D eigenvalue weighted by molar-refractivity contribution is 0.128. The van der Waals surface area contributed by atoms with Crippen molar-refractivity contribution in [3.05, 3.63) is 0 Å². The molecule has 0 aromatic carbocycles. The average Bonchev–Trinajstić information content (AvgIpc) is 2.88. The fourth-order valence-corrected chi connectivity index (χ4v) is 2.44. The highest BCUT2D eigenvalue weighted by Gasteiger charge is 2.37. The highest BCUT2D eigenvalue weighted by molar-refractivity contribution is 4.91. The lowest BCUT2D eigenvalue weighted by atomic mass is 9.89. The maximum Gasteiger partial charge on any atom is 0.0124 e. The van der Waals surface area contributed by atoms with Crippen LogP contribution in [0.2, 0.25) is 0 Å². The third-order valence-corrected chi connectivity index (χ3v) is 3.53. The van der Waals surface area contributed by atoms with E-state index in [2.05, 4.69) is 11.9 Å². The molecule has 0 amide bonds. The Morgan fingerprint density at radius 2 is 2.08 bits per heavy atom. The second-order valence-corrected chi connectivity index (χ2v) is 4.51. The maximum atomic E-state index is 5.71. The van der Waals surface area contributed by atoms with Gasteiger partial charge >= 0.3 is 0 Å². The first-order valence-electron chi connectivity index (χ1n) is 5.21. The minimum absolute atomic E-state index is 0.812. The zero-order valence-corrected chi connectivity index (χ0v) is 8.00. The van der Waals surface area contributed by atoms with Gasteiger partial charge in [0.15, 0.2) is 0 Å². The molecule has 2 rings (SSSR count). The smallest absolute Gasteiger partial charge is 0.0124 e. The SMILES string of the molecule is CN1CCC(CN)CC1C1CC1. The summed E-state index contributed by atoms with van der Waals surface area (Å²) in [4.78, 5) is 2.55. The van der Waals surface area contributed by atoms with Crippen LogP contribution in [0.15, 0.2) is 0 Å². The molecule has 2 fully saturated rings. The van der Waals surface area contributed by atoms with Crippen molar-refractivity contribution in [2.75, 3.05) is 20.1 Å². The molecule has 0 spiro atoms. The van der Waals surface area contributed by atoms with Crippen molar-refractivity contribution < 1.29 is 0 Å². The van der Waals surface area contributed by atoms with Crippen LogP contribution in [0, 0.1) is 11.8 Å². The minimum atomic E-state index is 0.812. The zero-order chi connectivity index (χ0) is 8.55. The van der Waals surface area contributed by atoms with Gasteiger partial charge in [0.1, 0.15) is 0 Å². The fraction of sp³-hybridized carbons (Fsp3) is 1.00. The van der Waals surface area contributed by atoms with Crippen molar-refractivity contribution in [3.63, 3.8) is 0 Å². The predicted molar refractivity (Wildman–Crippen MR) is 50.9 cm³/mol. The molecule has 1 saturated carbocycles. The predicted octanol–water partition coefficient (Wildman–Crippen LogP) is 1.07. The van der Waals surface area contributed by atoms with Gasteiger partial charge in [-0.3, -0.25) is 0 Å². The summed E-state index contributed by atoms with van der Waals surface area (Å²) in [6.45, 7) is 2.17. The fourth-order valence-electron chi connectivity index (χ4n) is 2.44. The molecule has 2 aliphatic rings. The molecule has 12 heavy (non-hydrogen) atoms. The second kappa shape index (κ2) is 3.35. The van der Waals surface area contributed by atoms with E-state index >= 15 is 0 Å². The van der Waals surface area contributed by atoms with Gasteiger partial charge in [0.25, 0.3) is 0 Å². The first-order valence-corrected chi connectivity index (χ1v) is 5.21. The van der Waals surface area contributed by atoms with Gasteiger partial charge < -0.3 is 10.6 Å². The van der Waals surface area contributed by atoms with Crippen LogP contribution in [0.5, 0.6) is 0 Å². The topological polar surface area (TPSA) is 29.3 Å². The molecule has 70 valence electrons. The Kier molecular flexibility index (Phi) is 2.37. The quantitative estimate of drug-likeness (QED) is 0.668. The molecule has 0 bridgehead atoms. The van der Waals surface area contributed by atoms with Gasteiger partial charge in [-0.15, -0.1) is 0 Å². The van der Waals surface area contributed by atoms with Gasteiger partial charge in [-0.2, -0.15) is 0 Å². The van der Waals surface area contributed by atoms with Crippen molar-refractivity contribution in [3.8, 4) is 0 Å². The highest BCUT2D eigenvalue weighted by Crippen LogP contribution is 2.39. The minimum Gasteiger partial charge on any atom is -0.330 e. The van der Waals surface area contributed by atoms with Crippen LogP contribution >= 0.6 is 0 Å². The molecule has 2 nitrogen and oxygen atoms in total. The van der Waals surface area contributed by atoms with E-state index in [9.17, 15) is 0 Å². The van der Waals surface area contributed by atoms with E-state index < -0.39 is 0 Å². The number of likely N-dealkylation sites (tertiary alicyclic amines) is 1. The molecule has 1 aliphatic heterocycles. The molecule has 2 heteroatoms. The van der Waals surface area contributed by atoms with E-state index in [0.29, 0.717) is 0 Å². The van der Waals surface area contributed by atoms with E-state index in [4.69, 9.17) is 5.73 Å². The van der Waals surface area contributed by atoms with E-state index in [0.717, 1.165) is 24.4 Å². The Balaban J connectivity index is 1.90. The molecule has 0 aromatic rings. The second-order valence-electron chi connectivity index (χ2n) is 4.51. The summed E-state index contributed by atoms with van der Waals surface area (Å²) < 4.78 is 0. The Morgan fingerprint density at radius 3 is 2.67 bits per heavy atom. The van der Waals surface area contributed by atoms with Crippen LogP contribution in [0.25, 0.3) is 0 Å². The van der Waals surface area contributed by atoms with E-state index in [1.807, 2.05) is 0 Å². The van der Waals surface area contributed by atoms with Crippen LogP contribution in [0.1, 0.15) is 25.7 Å². The van der Waals surface area contributed by atoms with Gasteiger partial charge in [0, 0.05) is 6.04 Å². The summed E-state index contributed by atoms with van der Waals surface area (Å²) in [5, 5.41) is 0. The van der Waals surface area contributed by atoms with Crippen LogP contribution in [-0.4, -0.2) is 31.1 Å². The summed E-state index contributed by atoms with van der Waals surface area (Å²) in [6, 6.07) is 0.868. The zero-order valence-electron chi connectivity index (χ0n) is 8.00. The van der Waals surface area contributed by atoms with Crippen molar-refractivity contribution in [2.45, 2.75) is 31.7 Å². The lowest BCUT2D eigenvalue weighted by Crippen LogP contribution is -2.42. The molecule has 2 unspecified atom stereocenters. The van der Waals surface area contributed by atoms with Gasteiger partial charge in [0.2, 0.25) is 0 Å². The number of nitrogens with zero attached hydrogens (tertiary/aromatic N) is 1. The van der Waals surface area contributed by atoms with Crippen molar-refractivity contribution in [1.29, 1.82) is 0 Å². The average molecular weight is 168 g/mol. The van der Waals surface area contributed by atoms with Gasteiger partial charge in [-0.25, -0.2) is 0 Å². The molecular formula is C10H20N2. The Bertz CT molecular complexity index is 154. The molecule has 1 aliphatic carbocycles. The first-order chi connectivity index (χ1) is 5.81. The standard InChI is InChI=1S/C10H20N2/c1-12-5-4-8(7-11)6-10(12)9-2-3-9/h8-10H,2-7,11H2,1H3. The Hall–Kier alpha value is -0.0800. The first kappa shape index (κ1) is 8.52. The number of nitrogens with two attached hydrogens (primary N) is 1. The maximum absolute atomic E-state index is 5.71. The number of hydrogen-bond acceptors (Lipinski definition) is 2. The number of rotatable bonds is 2. The van der Waals surface area contributed by atoms with Crippen LogP contribution < -0.4 is 5.73 Å². The molecule has 0 aromatic heterocycles.